The summed E-state index contributed by atoms with van der Waals surface area (Å²) in [6.07, 6.45) is -3.56. The van der Waals surface area contributed by atoms with E-state index in [1.54, 1.807) is 7.05 Å². The second kappa shape index (κ2) is 6.09. The molecule has 0 saturated carbocycles. The minimum Gasteiger partial charge on any atom is -0.440 e. The van der Waals surface area contributed by atoms with Crippen LogP contribution < -0.4 is 5.32 Å². The Hall–Kier alpha value is -0.980. The molecular weight excluding hydrogens is 237 g/mol. The second-order valence-electron chi connectivity index (χ2n) is 4.18. The number of hydrogen-bond acceptors (Lipinski definition) is 3. The normalized spacial score (nSPS) is 21.4. The van der Waals surface area contributed by atoms with Gasteiger partial charge in [-0.3, -0.25) is 0 Å². The predicted molar refractivity (Wildman–Crippen MR) is 55.6 cm³/mol. The molecule has 0 bridgehead atoms. The van der Waals surface area contributed by atoms with Crippen LogP contribution in [0.3, 0.4) is 0 Å². The van der Waals surface area contributed by atoms with Gasteiger partial charge in [0.2, 0.25) is 0 Å². The molecule has 1 saturated heterocycles. The van der Waals surface area contributed by atoms with Gasteiger partial charge in [-0.2, -0.15) is 13.2 Å². The van der Waals surface area contributed by atoms with E-state index in [1.165, 1.54) is 4.90 Å². The second-order valence-corrected chi connectivity index (χ2v) is 4.18. The molecule has 1 rings (SSSR count). The van der Waals surface area contributed by atoms with Crippen LogP contribution in [0.5, 0.6) is 0 Å². The van der Waals surface area contributed by atoms with Crippen molar-refractivity contribution >= 4 is 6.09 Å². The van der Waals surface area contributed by atoms with Crippen molar-refractivity contribution in [2.45, 2.75) is 19.0 Å². The summed E-state index contributed by atoms with van der Waals surface area (Å²) in [5.41, 5.74) is 0. The van der Waals surface area contributed by atoms with Gasteiger partial charge in [0.05, 0.1) is 0 Å². The fraction of sp³-hybridized carbons (Fsp3) is 0.900. The van der Waals surface area contributed by atoms with E-state index in [-0.39, 0.29) is 5.92 Å². The summed E-state index contributed by atoms with van der Waals surface area (Å²) in [6.45, 7) is 0.163. The molecule has 0 aromatic carbocycles. The van der Waals surface area contributed by atoms with E-state index in [2.05, 4.69) is 10.1 Å². The van der Waals surface area contributed by atoms with Gasteiger partial charge in [-0.25, -0.2) is 4.79 Å². The number of halogens is 3. The summed E-state index contributed by atoms with van der Waals surface area (Å²) in [4.78, 5) is 12.7. The van der Waals surface area contributed by atoms with E-state index in [0.717, 1.165) is 19.4 Å². The van der Waals surface area contributed by atoms with Gasteiger partial charge >= 0.3 is 12.3 Å². The van der Waals surface area contributed by atoms with Crippen molar-refractivity contribution in [3.8, 4) is 0 Å². The Morgan fingerprint density at radius 2 is 2.24 bits per heavy atom. The molecule has 1 aliphatic rings. The first-order valence-corrected chi connectivity index (χ1v) is 5.55. The lowest BCUT2D eigenvalue weighted by Gasteiger charge is -2.32. The van der Waals surface area contributed by atoms with Crippen LogP contribution in [0.2, 0.25) is 0 Å². The molecule has 4 nitrogen and oxygen atoms in total. The molecule has 1 amide bonds. The molecule has 0 spiro atoms. The van der Waals surface area contributed by atoms with E-state index in [1.807, 2.05) is 0 Å². The fourth-order valence-electron chi connectivity index (χ4n) is 1.92. The maximum Gasteiger partial charge on any atom is 0.422 e. The Bertz CT molecular complexity index is 256. The molecule has 1 aliphatic heterocycles. The third-order valence-corrected chi connectivity index (χ3v) is 2.63. The molecule has 0 aromatic heterocycles. The highest BCUT2D eigenvalue weighted by Gasteiger charge is 2.32. The molecule has 1 N–H and O–H groups in total. The highest BCUT2D eigenvalue weighted by atomic mass is 19.4. The van der Waals surface area contributed by atoms with E-state index >= 15 is 0 Å². The van der Waals surface area contributed by atoms with Crippen molar-refractivity contribution < 1.29 is 22.7 Å². The fourth-order valence-corrected chi connectivity index (χ4v) is 1.92. The van der Waals surface area contributed by atoms with E-state index in [0.29, 0.717) is 13.1 Å². The number of amides is 1. The Balaban J connectivity index is 2.36. The molecular formula is C10H17F3N2O2. The Morgan fingerprint density at radius 3 is 2.82 bits per heavy atom. The molecule has 1 atom stereocenters. The molecule has 7 heteroatoms. The van der Waals surface area contributed by atoms with Gasteiger partial charge in [0.15, 0.2) is 6.61 Å². The van der Waals surface area contributed by atoms with Gasteiger partial charge in [-0.15, -0.1) is 0 Å². The number of nitrogens with zero attached hydrogens (tertiary/aromatic N) is 1. The van der Waals surface area contributed by atoms with Crippen molar-refractivity contribution in [2.24, 2.45) is 5.92 Å². The van der Waals surface area contributed by atoms with E-state index in [4.69, 9.17) is 0 Å². The van der Waals surface area contributed by atoms with Gasteiger partial charge in [-0.1, -0.05) is 0 Å². The lowest BCUT2D eigenvalue weighted by atomic mass is 9.98. The Labute approximate surface area is 98.1 Å². The average molecular weight is 254 g/mol. The van der Waals surface area contributed by atoms with E-state index < -0.39 is 18.9 Å². The van der Waals surface area contributed by atoms with Crippen LogP contribution in [0.15, 0.2) is 0 Å². The lowest BCUT2D eigenvalue weighted by molar-refractivity contribution is -0.162. The molecule has 0 radical (unpaired) electrons. The van der Waals surface area contributed by atoms with Crippen molar-refractivity contribution in [3.63, 3.8) is 0 Å². The number of ether oxygens (including phenoxy) is 1. The van der Waals surface area contributed by atoms with Crippen LogP contribution in [0.25, 0.3) is 0 Å². The highest BCUT2D eigenvalue weighted by Crippen LogP contribution is 2.18. The maximum absolute atomic E-state index is 11.9. The largest absolute Gasteiger partial charge is 0.440 e. The van der Waals surface area contributed by atoms with Gasteiger partial charge in [-0.05, 0) is 32.4 Å². The maximum atomic E-state index is 11.9. The number of nitrogens with one attached hydrogen (secondary N) is 1. The molecule has 0 aliphatic carbocycles. The molecule has 1 fully saturated rings. The lowest BCUT2D eigenvalue weighted by Crippen LogP contribution is -2.43. The van der Waals surface area contributed by atoms with Gasteiger partial charge in [0, 0.05) is 13.1 Å². The smallest absolute Gasteiger partial charge is 0.422 e. The van der Waals surface area contributed by atoms with Crippen LogP contribution >= 0.6 is 0 Å². The first-order chi connectivity index (χ1) is 7.92. The number of carbonyl (C=O) groups is 1. The molecule has 100 valence electrons. The number of piperidine rings is 1. The van der Waals surface area contributed by atoms with Gasteiger partial charge < -0.3 is 15.0 Å². The third kappa shape index (κ3) is 5.25. The quantitative estimate of drug-likeness (QED) is 0.832. The standard InChI is InChI=1S/C10H17F3N2O2/c1-14-5-8-3-2-4-15(6-8)9(16)17-7-10(11,12)13/h8,14H,2-7H2,1H3. The number of alkyl halides is 3. The number of hydrogen-bond donors (Lipinski definition) is 1. The third-order valence-electron chi connectivity index (χ3n) is 2.63. The number of likely N-dealkylation sites (tertiary alicyclic amines) is 1. The first kappa shape index (κ1) is 14.1. The van der Waals surface area contributed by atoms with Crippen LogP contribution in [-0.4, -0.2) is 50.5 Å². The SMILES string of the molecule is CNCC1CCCN(C(=O)OCC(F)(F)F)C1. The van der Waals surface area contributed by atoms with E-state index in [9.17, 15) is 18.0 Å². The predicted octanol–water partition coefficient (Wildman–Crippen LogP) is 1.62. The molecule has 1 heterocycles. The molecule has 0 aromatic rings. The van der Waals surface area contributed by atoms with Crippen molar-refractivity contribution in [3.05, 3.63) is 0 Å². The Morgan fingerprint density at radius 1 is 1.53 bits per heavy atom. The summed E-state index contributed by atoms with van der Waals surface area (Å²) in [5.74, 6) is 0.284. The topological polar surface area (TPSA) is 41.6 Å². The first-order valence-electron chi connectivity index (χ1n) is 5.55. The van der Waals surface area contributed by atoms with Crippen molar-refractivity contribution in [1.29, 1.82) is 0 Å². The zero-order valence-electron chi connectivity index (χ0n) is 9.72. The Kier molecular flexibility index (Phi) is 5.04. The number of carbonyl (C=O) groups excluding carboxylic acids is 1. The van der Waals surface area contributed by atoms with Gasteiger partial charge in [0.25, 0.3) is 0 Å². The van der Waals surface area contributed by atoms with Crippen molar-refractivity contribution in [2.75, 3.05) is 33.3 Å². The summed E-state index contributed by atoms with van der Waals surface area (Å²) in [6, 6.07) is 0. The van der Waals surface area contributed by atoms with Crippen LogP contribution in [0, 0.1) is 5.92 Å². The molecule has 17 heavy (non-hydrogen) atoms. The van der Waals surface area contributed by atoms with Gasteiger partial charge in [0.1, 0.15) is 0 Å². The summed E-state index contributed by atoms with van der Waals surface area (Å²) in [5, 5.41) is 2.99. The zero-order valence-corrected chi connectivity index (χ0v) is 9.72. The number of rotatable bonds is 3. The van der Waals surface area contributed by atoms with Crippen molar-refractivity contribution in [1.82, 2.24) is 10.2 Å². The zero-order chi connectivity index (χ0) is 12.9. The van der Waals surface area contributed by atoms with Crippen LogP contribution in [0.4, 0.5) is 18.0 Å². The minimum atomic E-state index is -4.46. The molecule has 1 unspecified atom stereocenters. The summed E-state index contributed by atoms with van der Waals surface area (Å²) in [7, 11) is 1.81. The van der Waals surface area contributed by atoms with Crippen LogP contribution in [-0.2, 0) is 4.74 Å². The monoisotopic (exact) mass is 254 g/mol. The average Bonchev–Trinajstić information content (AvgIpc) is 2.26. The van der Waals surface area contributed by atoms with Crippen LogP contribution in [0.1, 0.15) is 12.8 Å². The summed E-state index contributed by atoms with van der Waals surface area (Å²) < 4.78 is 39.8. The minimum absolute atomic E-state index is 0.284. The summed E-state index contributed by atoms with van der Waals surface area (Å²) >= 11 is 0. The highest BCUT2D eigenvalue weighted by molar-refractivity contribution is 5.67.